The van der Waals surface area contributed by atoms with E-state index >= 15 is 0 Å². The van der Waals surface area contributed by atoms with E-state index in [0.717, 1.165) is 22.2 Å². The van der Waals surface area contributed by atoms with Gasteiger partial charge < -0.3 is 15.2 Å². The summed E-state index contributed by atoms with van der Waals surface area (Å²) in [5, 5.41) is 3.85. The number of hydrogen-bond acceptors (Lipinski definition) is 2. The zero-order chi connectivity index (χ0) is 20.8. The van der Waals surface area contributed by atoms with Gasteiger partial charge in [0.25, 0.3) is 11.8 Å². The molecule has 5 nitrogen and oxygen atoms in total. The first-order valence-corrected chi connectivity index (χ1v) is 9.48. The van der Waals surface area contributed by atoms with Gasteiger partial charge in [-0.15, -0.1) is 6.58 Å². The molecule has 0 radical (unpaired) electrons. The number of fused-ring (bicyclic) bond motifs is 2. The van der Waals surface area contributed by atoms with Crippen LogP contribution in [-0.2, 0) is 10.2 Å². The van der Waals surface area contributed by atoms with Crippen molar-refractivity contribution in [2.24, 2.45) is 0 Å². The molecule has 0 atom stereocenters. The molecule has 5 heteroatoms. The van der Waals surface area contributed by atoms with Gasteiger partial charge in [-0.3, -0.25) is 9.59 Å². The maximum absolute atomic E-state index is 13.0. The number of aromatic nitrogens is 1. The first-order chi connectivity index (χ1) is 13.8. The average molecular weight is 385 g/mol. The zero-order valence-electron chi connectivity index (χ0n) is 16.7. The predicted molar refractivity (Wildman–Crippen MR) is 117 cm³/mol. The average Bonchev–Trinajstić information content (AvgIpc) is 3.07. The van der Waals surface area contributed by atoms with E-state index in [0.29, 0.717) is 11.3 Å². The van der Waals surface area contributed by atoms with Gasteiger partial charge in [-0.2, -0.15) is 0 Å². The van der Waals surface area contributed by atoms with Gasteiger partial charge in [-0.25, -0.2) is 0 Å². The molecule has 2 aromatic carbocycles. The van der Waals surface area contributed by atoms with Crippen molar-refractivity contribution in [2.75, 3.05) is 12.4 Å². The van der Waals surface area contributed by atoms with E-state index in [9.17, 15) is 9.59 Å². The van der Waals surface area contributed by atoms with Crippen molar-refractivity contribution in [1.82, 2.24) is 9.88 Å². The fourth-order valence-corrected chi connectivity index (χ4v) is 3.63. The quantitative estimate of drug-likeness (QED) is 0.507. The molecule has 0 fully saturated rings. The van der Waals surface area contributed by atoms with Crippen LogP contribution in [0.5, 0.6) is 0 Å². The lowest BCUT2D eigenvalue weighted by Crippen LogP contribution is -2.29. The number of carbonyl (C=O) groups is 2. The van der Waals surface area contributed by atoms with Crippen LogP contribution in [0.15, 0.2) is 66.9 Å². The highest BCUT2D eigenvalue weighted by atomic mass is 16.2. The number of aromatic amines is 1. The molecule has 146 valence electrons. The summed E-state index contributed by atoms with van der Waals surface area (Å²) in [5.74, 6) is -0.548. The number of benzene rings is 2. The molecular weight excluding hydrogens is 362 g/mol. The van der Waals surface area contributed by atoms with Crippen LogP contribution < -0.4 is 5.32 Å². The molecule has 29 heavy (non-hydrogen) atoms. The second-order valence-corrected chi connectivity index (χ2v) is 7.78. The molecule has 0 spiro atoms. The van der Waals surface area contributed by atoms with E-state index in [1.54, 1.807) is 37.4 Å². The molecule has 2 amide bonds. The summed E-state index contributed by atoms with van der Waals surface area (Å²) in [6.07, 6.45) is 3.66. The number of carbonyl (C=O) groups excluding carboxylic acids is 2. The number of rotatable bonds is 3. The lowest BCUT2D eigenvalue weighted by atomic mass is 9.86. The smallest absolute Gasteiger partial charge is 0.272 e. The Morgan fingerprint density at radius 3 is 2.48 bits per heavy atom. The van der Waals surface area contributed by atoms with Gasteiger partial charge in [-0.05, 0) is 24.3 Å². The summed E-state index contributed by atoms with van der Waals surface area (Å²) in [6.45, 7) is 8.09. The minimum Gasteiger partial charge on any atom is -0.357 e. The Morgan fingerprint density at radius 2 is 1.72 bits per heavy atom. The Balaban J connectivity index is 1.93. The largest absolute Gasteiger partial charge is 0.357 e. The third kappa shape index (κ3) is 3.05. The van der Waals surface area contributed by atoms with Crippen molar-refractivity contribution in [1.29, 1.82) is 0 Å². The van der Waals surface area contributed by atoms with E-state index in [2.05, 4.69) is 30.7 Å². The molecule has 0 unspecified atom stereocenters. The summed E-state index contributed by atoms with van der Waals surface area (Å²) < 4.78 is 0. The second-order valence-electron chi connectivity index (χ2n) is 7.78. The molecule has 0 saturated carbocycles. The molecule has 0 aliphatic carbocycles. The van der Waals surface area contributed by atoms with Gasteiger partial charge in [0.1, 0.15) is 5.70 Å². The number of para-hydroxylation sites is 2. The monoisotopic (exact) mass is 385 g/mol. The van der Waals surface area contributed by atoms with Crippen molar-refractivity contribution in [2.45, 2.75) is 19.3 Å². The molecule has 1 aliphatic rings. The minimum absolute atomic E-state index is 0.227. The van der Waals surface area contributed by atoms with Crippen molar-refractivity contribution < 1.29 is 9.59 Å². The molecule has 4 rings (SSSR count). The highest BCUT2D eigenvalue weighted by Gasteiger charge is 2.30. The molecular formula is C24H23N3O2. The van der Waals surface area contributed by atoms with Crippen LogP contribution in [0.2, 0.25) is 0 Å². The minimum atomic E-state index is -0.349. The Kier molecular flexibility index (Phi) is 4.38. The summed E-state index contributed by atoms with van der Waals surface area (Å²) in [6, 6.07) is 15.0. The van der Waals surface area contributed by atoms with Crippen LogP contribution >= 0.6 is 0 Å². The number of nitrogens with one attached hydrogen (secondary N) is 2. The Labute approximate surface area is 169 Å². The van der Waals surface area contributed by atoms with Crippen molar-refractivity contribution in [3.63, 3.8) is 0 Å². The lowest BCUT2D eigenvalue weighted by Gasteiger charge is -2.21. The van der Waals surface area contributed by atoms with Crippen LogP contribution in [0.4, 0.5) is 5.69 Å². The summed E-state index contributed by atoms with van der Waals surface area (Å²) in [5.41, 5.74) is 3.71. The van der Waals surface area contributed by atoms with E-state index in [1.165, 1.54) is 4.90 Å². The lowest BCUT2D eigenvalue weighted by molar-refractivity contribution is -0.113. The Bertz CT molecular complexity index is 1180. The SMILES string of the molecule is C=CC(C)(C)c1[nH]c2ccccc2c1C=C1C(=O)Nc2ccccc2C(=O)N1C. The third-order valence-corrected chi connectivity index (χ3v) is 5.49. The van der Waals surface area contributed by atoms with Crippen molar-refractivity contribution in [3.05, 3.63) is 83.7 Å². The normalized spacial score (nSPS) is 16.0. The summed E-state index contributed by atoms with van der Waals surface area (Å²) in [7, 11) is 1.63. The fourth-order valence-electron chi connectivity index (χ4n) is 3.63. The van der Waals surface area contributed by atoms with Gasteiger partial charge in [0.2, 0.25) is 0 Å². The number of anilines is 1. The van der Waals surface area contributed by atoms with E-state index < -0.39 is 0 Å². The first kappa shape index (κ1) is 18.7. The molecule has 2 N–H and O–H groups in total. The number of likely N-dealkylation sites (N-methyl/N-ethyl adjacent to an activating group) is 1. The van der Waals surface area contributed by atoms with Crippen LogP contribution in [-0.4, -0.2) is 28.7 Å². The highest BCUT2D eigenvalue weighted by molar-refractivity contribution is 6.17. The van der Waals surface area contributed by atoms with Gasteiger partial charge in [0.15, 0.2) is 0 Å². The molecule has 2 heterocycles. The Hall–Kier alpha value is -3.60. The van der Waals surface area contributed by atoms with Crippen LogP contribution in [0, 0.1) is 0 Å². The molecule has 1 aliphatic heterocycles. The van der Waals surface area contributed by atoms with Crippen molar-refractivity contribution in [3.8, 4) is 0 Å². The van der Waals surface area contributed by atoms with E-state index in [1.807, 2.05) is 30.3 Å². The van der Waals surface area contributed by atoms with E-state index in [4.69, 9.17) is 0 Å². The molecule has 0 saturated heterocycles. The maximum Gasteiger partial charge on any atom is 0.272 e. The zero-order valence-corrected chi connectivity index (χ0v) is 16.7. The van der Waals surface area contributed by atoms with E-state index in [-0.39, 0.29) is 22.9 Å². The number of H-pyrrole nitrogens is 1. The fraction of sp³-hybridized carbons (Fsp3) is 0.167. The van der Waals surface area contributed by atoms with Gasteiger partial charge in [0, 0.05) is 34.6 Å². The van der Waals surface area contributed by atoms with Gasteiger partial charge in [0.05, 0.1) is 11.3 Å². The van der Waals surface area contributed by atoms with Gasteiger partial charge in [-0.1, -0.05) is 50.3 Å². The number of hydrogen-bond donors (Lipinski definition) is 2. The maximum atomic E-state index is 13.0. The second kappa shape index (κ2) is 6.78. The molecule has 1 aromatic heterocycles. The number of nitrogens with zero attached hydrogens (tertiary/aromatic N) is 1. The third-order valence-electron chi connectivity index (χ3n) is 5.49. The summed E-state index contributed by atoms with van der Waals surface area (Å²) in [4.78, 5) is 30.9. The standard InChI is InChI=1S/C24H23N3O2/c1-5-24(2,3)21-17(15-10-6-8-12-18(15)25-21)14-20-22(28)26-19-13-9-7-11-16(19)23(29)27(20)4/h5-14,25H,1H2,2-4H3,(H,26,28). The number of amides is 2. The first-order valence-electron chi connectivity index (χ1n) is 9.48. The Morgan fingerprint density at radius 1 is 1.03 bits per heavy atom. The predicted octanol–water partition coefficient (Wildman–Crippen LogP) is 4.70. The highest BCUT2D eigenvalue weighted by Crippen LogP contribution is 2.35. The molecule has 3 aromatic rings. The van der Waals surface area contributed by atoms with Crippen LogP contribution in [0.25, 0.3) is 17.0 Å². The summed E-state index contributed by atoms with van der Waals surface area (Å²) >= 11 is 0. The van der Waals surface area contributed by atoms with Crippen LogP contribution in [0.3, 0.4) is 0 Å². The van der Waals surface area contributed by atoms with Crippen LogP contribution in [0.1, 0.15) is 35.5 Å². The topological polar surface area (TPSA) is 65.2 Å². The van der Waals surface area contributed by atoms with Gasteiger partial charge >= 0.3 is 0 Å². The molecule has 0 bridgehead atoms. The number of allylic oxidation sites excluding steroid dienone is 1. The van der Waals surface area contributed by atoms with Crippen molar-refractivity contribution >= 4 is 34.5 Å².